The van der Waals surface area contributed by atoms with Gasteiger partial charge in [-0.2, -0.15) is 0 Å². The molecule has 0 aliphatic heterocycles. The molecule has 0 aliphatic carbocycles. The molecule has 0 heterocycles. The molecule has 0 saturated heterocycles. The number of benzene rings is 6. The molecule has 0 radical (unpaired) electrons. The van der Waals surface area contributed by atoms with E-state index < -0.39 is 0 Å². The van der Waals surface area contributed by atoms with E-state index in [1.54, 1.807) is 75.5 Å². The summed E-state index contributed by atoms with van der Waals surface area (Å²) in [5, 5.41) is 0. The fraction of sp³-hybridized carbons (Fsp3) is 0.234. The maximum atomic E-state index is 5.67. The van der Waals surface area contributed by atoms with Crippen LogP contribution in [0.15, 0.2) is 165 Å². The Bertz CT molecular complexity index is 1810. The summed E-state index contributed by atoms with van der Waals surface area (Å²) in [7, 11) is 6.64. The van der Waals surface area contributed by atoms with Crippen molar-refractivity contribution in [3.05, 3.63) is 157 Å². The van der Waals surface area contributed by atoms with E-state index in [0.29, 0.717) is 0 Å². The van der Waals surface area contributed by atoms with Crippen molar-refractivity contribution in [3.63, 3.8) is 0 Å². The van der Waals surface area contributed by atoms with Crippen molar-refractivity contribution < 1.29 is 23.7 Å². The molecule has 6 aromatic rings. The van der Waals surface area contributed by atoms with Crippen LogP contribution in [0.5, 0.6) is 34.5 Å². The Balaban J connectivity index is 0.000000208. The zero-order chi connectivity index (χ0) is 40.8. The maximum absolute atomic E-state index is 5.67. The van der Waals surface area contributed by atoms with Gasteiger partial charge >= 0.3 is 0 Å². The summed E-state index contributed by atoms with van der Waals surface area (Å²) in [5.74, 6) is 4.94. The molecule has 0 fully saturated rings. The third kappa shape index (κ3) is 15.3. The molecule has 0 atom stereocenters. The highest BCUT2D eigenvalue weighted by molar-refractivity contribution is 7.99. The molecule has 6 aromatic carbocycles. The second-order valence-electron chi connectivity index (χ2n) is 12.3. The van der Waals surface area contributed by atoms with Crippen LogP contribution in [0, 0.1) is 0 Å². The first-order chi connectivity index (χ1) is 27.1. The molecule has 296 valence electrons. The highest BCUT2D eigenvalue weighted by Gasteiger charge is 2.23. The van der Waals surface area contributed by atoms with Crippen LogP contribution in [0.3, 0.4) is 0 Å². The van der Waals surface area contributed by atoms with Gasteiger partial charge in [0.15, 0.2) is 0 Å². The van der Waals surface area contributed by atoms with Gasteiger partial charge in [0.1, 0.15) is 34.5 Å². The molecule has 9 heteroatoms. The van der Waals surface area contributed by atoms with Crippen LogP contribution in [-0.2, 0) is 5.41 Å². The molecule has 0 aromatic heterocycles. The average molecular weight is 827 g/mol. The molecule has 5 nitrogen and oxygen atoms in total. The van der Waals surface area contributed by atoms with Crippen LogP contribution in [0.4, 0.5) is 0 Å². The zero-order valence-electron chi connectivity index (χ0n) is 34.0. The number of hydrogen-bond donors (Lipinski definition) is 0. The number of ether oxygens (including phenoxy) is 5. The first-order valence-electron chi connectivity index (χ1n) is 17.7. The summed E-state index contributed by atoms with van der Waals surface area (Å²) in [6.07, 6.45) is 8.38. The molecule has 0 saturated carbocycles. The van der Waals surface area contributed by atoms with E-state index in [9.17, 15) is 0 Å². The third-order valence-corrected chi connectivity index (χ3v) is 11.5. The summed E-state index contributed by atoms with van der Waals surface area (Å²) in [4.78, 5) is 5.34. The van der Waals surface area contributed by atoms with Crippen molar-refractivity contribution in [2.75, 3.05) is 53.5 Å². The summed E-state index contributed by atoms with van der Waals surface area (Å²) in [6.45, 7) is 4.44. The van der Waals surface area contributed by atoms with Crippen LogP contribution in [-0.4, -0.2) is 53.5 Å². The van der Waals surface area contributed by atoms with Crippen molar-refractivity contribution in [3.8, 4) is 34.5 Å². The molecule has 0 N–H and O–H groups in total. The van der Waals surface area contributed by atoms with Gasteiger partial charge in [0.2, 0.25) is 0 Å². The van der Waals surface area contributed by atoms with Gasteiger partial charge in [0, 0.05) is 25.0 Å². The Hall–Kier alpha value is -4.28. The van der Waals surface area contributed by atoms with Crippen molar-refractivity contribution >= 4 is 47.0 Å². The van der Waals surface area contributed by atoms with E-state index >= 15 is 0 Å². The first-order valence-corrected chi connectivity index (χ1v) is 22.6. The molecule has 0 amide bonds. The Morgan fingerprint density at radius 3 is 0.875 bits per heavy atom. The molecule has 0 unspecified atom stereocenters. The van der Waals surface area contributed by atoms with Crippen LogP contribution >= 0.6 is 47.0 Å². The Kier molecular flexibility index (Phi) is 20.6. The molecule has 6 rings (SSSR count). The second-order valence-corrected chi connectivity index (χ2v) is 15.8. The minimum Gasteiger partial charge on any atom is -0.497 e. The van der Waals surface area contributed by atoms with Crippen molar-refractivity contribution in [1.82, 2.24) is 0 Å². The number of methoxy groups -OCH3 is 4. The van der Waals surface area contributed by atoms with E-state index in [4.69, 9.17) is 23.7 Å². The van der Waals surface area contributed by atoms with Crippen LogP contribution in [0.2, 0.25) is 0 Å². The van der Waals surface area contributed by atoms with E-state index in [1.165, 1.54) is 30.7 Å². The normalized spacial score (nSPS) is 10.2. The first kappa shape index (κ1) is 46.1. The Morgan fingerprint density at radius 2 is 0.607 bits per heavy atom. The predicted molar refractivity (Wildman–Crippen MR) is 244 cm³/mol. The van der Waals surface area contributed by atoms with Gasteiger partial charge in [0.05, 0.1) is 28.4 Å². The van der Waals surface area contributed by atoms with Crippen molar-refractivity contribution in [2.24, 2.45) is 0 Å². The Morgan fingerprint density at radius 1 is 0.339 bits per heavy atom. The van der Waals surface area contributed by atoms with E-state index in [0.717, 1.165) is 34.5 Å². The van der Waals surface area contributed by atoms with E-state index in [2.05, 4.69) is 112 Å². The molecule has 0 aliphatic rings. The molecule has 56 heavy (non-hydrogen) atoms. The monoisotopic (exact) mass is 826 g/mol. The number of rotatable bonds is 12. The van der Waals surface area contributed by atoms with E-state index in [-0.39, 0.29) is 5.41 Å². The summed E-state index contributed by atoms with van der Waals surface area (Å²) >= 11 is 7.13. The summed E-state index contributed by atoms with van der Waals surface area (Å²) in [5.41, 5.74) is 2.48. The predicted octanol–water partition coefficient (Wildman–Crippen LogP) is 13.8. The molecular weight excluding hydrogens is 773 g/mol. The maximum Gasteiger partial charge on any atom is 0.127 e. The van der Waals surface area contributed by atoms with Gasteiger partial charge < -0.3 is 23.7 Å². The Labute approximate surface area is 352 Å². The highest BCUT2D eigenvalue weighted by atomic mass is 32.2. The fourth-order valence-corrected chi connectivity index (χ4v) is 6.86. The number of thioether (sulfide) groups is 4. The molecular formula is C47H54O5S4. The van der Waals surface area contributed by atoms with E-state index in [1.807, 2.05) is 72.8 Å². The third-order valence-electron chi connectivity index (χ3n) is 8.55. The van der Waals surface area contributed by atoms with Crippen molar-refractivity contribution in [2.45, 2.75) is 38.8 Å². The quantitative estimate of drug-likeness (QED) is 0.112. The SMILES string of the molecule is COc1ccc(C(C)(C)c2ccc(OC)cc2)cc1.COc1ccc(Oc2ccc(OC)cc2)cc1.CSc1ccc(SC)cc1.CSc1cccc(SC)c1. The lowest BCUT2D eigenvalue weighted by molar-refractivity contribution is 0.411. The van der Waals surface area contributed by atoms with Crippen LogP contribution in [0.25, 0.3) is 0 Å². The minimum atomic E-state index is -0.0431. The van der Waals surface area contributed by atoms with Gasteiger partial charge in [-0.15, -0.1) is 47.0 Å². The number of hydrogen-bond acceptors (Lipinski definition) is 9. The second kappa shape index (κ2) is 25.1. The smallest absolute Gasteiger partial charge is 0.127 e. The average Bonchev–Trinajstić information content (AvgIpc) is 3.27. The van der Waals surface area contributed by atoms with Gasteiger partial charge in [-0.25, -0.2) is 0 Å². The van der Waals surface area contributed by atoms with Gasteiger partial charge in [-0.05, 0) is 151 Å². The lowest BCUT2D eigenvalue weighted by Gasteiger charge is -2.26. The zero-order valence-corrected chi connectivity index (χ0v) is 37.3. The standard InChI is InChI=1S/C17H20O2.C14H14O3.2C8H10S2/c1-17(2,13-5-9-15(18-3)10-6-13)14-7-11-16(19-4)12-8-14;1-15-11-3-7-13(8-4-11)17-14-9-5-12(16-2)6-10-14;1-9-7-3-5-8(10-2)6-4-7;1-9-7-4-3-5-8(6-7)10-2/h5-12H,1-4H3;3-10H,1-2H3;2*3-6H,1-2H3. The van der Waals surface area contributed by atoms with Crippen LogP contribution in [0.1, 0.15) is 25.0 Å². The van der Waals surface area contributed by atoms with Crippen LogP contribution < -0.4 is 23.7 Å². The van der Waals surface area contributed by atoms with Gasteiger partial charge in [-0.1, -0.05) is 44.2 Å². The fourth-order valence-electron chi connectivity index (χ4n) is 5.05. The molecule has 0 bridgehead atoms. The highest BCUT2D eigenvalue weighted by Crippen LogP contribution is 2.33. The lowest BCUT2D eigenvalue weighted by atomic mass is 9.78. The largest absolute Gasteiger partial charge is 0.497 e. The minimum absolute atomic E-state index is 0.0431. The van der Waals surface area contributed by atoms with Gasteiger partial charge in [-0.3, -0.25) is 0 Å². The van der Waals surface area contributed by atoms with Crippen molar-refractivity contribution in [1.29, 1.82) is 0 Å². The summed E-state index contributed by atoms with van der Waals surface area (Å²) < 4.78 is 26.2. The molecule has 0 spiro atoms. The topological polar surface area (TPSA) is 46.2 Å². The lowest BCUT2D eigenvalue weighted by Crippen LogP contribution is -2.18. The van der Waals surface area contributed by atoms with Gasteiger partial charge in [0.25, 0.3) is 0 Å². The summed E-state index contributed by atoms with van der Waals surface area (Å²) in [6, 6.07) is 48.5.